The van der Waals surface area contributed by atoms with Crippen LogP contribution in [0.3, 0.4) is 0 Å². The van der Waals surface area contributed by atoms with Crippen molar-refractivity contribution in [2.75, 3.05) is 11.4 Å². The van der Waals surface area contributed by atoms with Crippen molar-refractivity contribution in [1.82, 2.24) is 4.98 Å². The summed E-state index contributed by atoms with van der Waals surface area (Å²) in [5, 5.41) is 4.86. The van der Waals surface area contributed by atoms with E-state index in [9.17, 15) is 0 Å². The van der Waals surface area contributed by atoms with Gasteiger partial charge in [0.1, 0.15) is 6.26 Å². The van der Waals surface area contributed by atoms with Gasteiger partial charge in [0.2, 0.25) is 5.89 Å². The molecular formula is C26H22N2O. The van der Waals surface area contributed by atoms with Crippen molar-refractivity contribution in [2.24, 2.45) is 0 Å². The van der Waals surface area contributed by atoms with E-state index in [-0.39, 0.29) is 0 Å². The molecule has 0 radical (unpaired) electrons. The van der Waals surface area contributed by atoms with Gasteiger partial charge < -0.3 is 9.32 Å². The molecule has 0 aliphatic heterocycles. The topological polar surface area (TPSA) is 29.3 Å². The van der Waals surface area contributed by atoms with Crippen molar-refractivity contribution in [3.63, 3.8) is 0 Å². The van der Waals surface area contributed by atoms with Gasteiger partial charge in [-0.2, -0.15) is 0 Å². The largest absolute Gasteiger partial charge is 0.444 e. The highest BCUT2D eigenvalue weighted by atomic mass is 16.3. The molecule has 0 bridgehead atoms. The first-order valence-electron chi connectivity index (χ1n) is 9.99. The molecule has 4 aromatic carbocycles. The van der Waals surface area contributed by atoms with Crippen LogP contribution < -0.4 is 4.90 Å². The first-order valence-corrected chi connectivity index (χ1v) is 9.99. The SMILES string of the molecule is CCN(Cc1coc(-c2cccc3ccccc23)n1)c1cccc2ccccc12. The molecule has 0 atom stereocenters. The van der Waals surface area contributed by atoms with E-state index in [0.29, 0.717) is 12.4 Å². The van der Waals surface area contributed by atoms with Crippen molar-refractivity contribution >= 4 is 27.2 Å². The number of fused-ring (bicyclic) bond motifs is 2. The van der Waals surface area contributed by atoms with E-state index in [1.165, 1.54) is 21.8 Å². The van der Waals surface area contributed by atoms with Crippen LogP contribution in [-0.4, -0.2) is 11.5 Å². The molecule has 0 unspecified atom stereocenters. The maximum atomic E-state index is 5.89. The highest BCUT2D eigenvalue weighted by Gasteiger charge is 2.14. The van der Waals surface area contributed by atoms with Crippen LogP contribution in [0.4, 0.5) is 5.69 Å². The Morgan fingerprint density at radius 3 is 2.21 bits per heavy atom. The second-order valence-corrected chi connectivity index (χ2v) is 7.18. The lowest BCUT2D eigenvalue weighted by Crippen LogP contribution is -2.22. The van der Waals surface area contributed by atoms with E-state index < -0.39 is 0 Å². The second kappa shape index (κ2) is 7.44. The van der Waals surface area contributed by atoms with Gasteiger partial charge in [-0.05, 0) is 35.2 Å². The summed E-state index contributed by atoms with van der Waals surface area (Å²) < 4.78 is 5.89. The monoisotopic (exact) mass is 378 g/mol. The summed E-state index contributed by atoms with van der Waals surface area (Å²) in [5.41, 5.74) is 3.19. The Kier molecular flexibility index (Phi) is 4.49. The minimum atomic E-state index is 0.672. The van der Waals surface area contributed by atoms with Crippen LogP contribution >= 0.6 is 0 Å². The number of hydrogen-bond acceptors (Lipinski definition) is 3. The van der Waals surface area contributed by atoms with Crippen LogP contribution in [0, 0.1) is 0 Å². The average Bonchev–Trinajstić information content (AvgIpc) is 3.25. The lowest BCUT2D eigenvalue weighted by Gasteiger charge is -2.23. The van der Waals surface area contributed by atoms with Crippen LogP contribution in [0.1, 0.15) is 12.6 Å². The van der Waals surface area contributed by atoms with Gasteiger partial charge in [-0.15, -0.1) is 0 Å². The zero-order valence-electron chi connectivity index (χ0n) is 16.4. The van der Waals surface area contributed by atoms with E-state index in [1.807, 2.05) is 0 Å². The van der Waals surface area contributed by atoms with Crippen LogP contribution in [0.2, 0.25) is 0 Å². The maximum Gasteiger partial charge on any atom is 0.226 e. The molecule has 5 rings (SSSR count). The van der Waals surface area contributed by atoms with E-state index >= 15 is 0 Å². The lowest BCUT2D eigenvalue weighted by atomic mass is 10.0. The Morgan fingerprint density at radius 1 is 0.759 bits per heavy atom. The molecule has 1 aromatic heterocycles. The van der Waals surface area contributed by atoms with Gasteiger partial charge in [-0.3, -0.25) is 0 Å². The fourth-order valence-electron chi connectivity index (χ4n) is 3.96. The third kappa shape index (κ3) is 3.25. The lowest BCUT2D eigenvalue weighted by molar-refractivity contribution is 0.572. The summed E-state index contributed by atoms with van der Waals surface area (Å²) in [5.74, 6) is 0.672. The van der Waals surface area contributed by atoms with Crippen molar-refractivity contribution in [2.45, 2.75) is 13.5 Å². The maximum absolute atomic E-state index is 5.89. The van der Waals surface area contributed by atoms with Crippen molar-refractivity contribution < 1.29 is 4.42 Å². The first-order chi connectivity index (χ1) is 14.3. The van der Waals surface area contributed by atoms with Crippen molar-refractivity contribution in [3.05, 3.63) is 96.9 Å². The third-order valence-electron chi connectivity index (χ3n) is 5.41. The summed E-state index contributed by atoms with van der Waals surface area (Å²) in [6.45, 7) is 3.77. The Hall–Kier alpha value is -3.59. The molecule has 0 fully saturated rings. The van der Waals surface area contributed by atoms with Gasteiger partial charge in [-0.1, -0.05) is 72.8 Å². The third-order valence-corrected chi connectivity index (χ3v) is 5.41. The number of aromatic nitrogens is 1. The van der Waals surface area contributed by atoms with E-state index in [0.717, 1.165) is 23.2 Å². The van der Waals surface area contributed by atoms with Crippen LogP contribution in [-0.2, 0) is 6.54 Å². The van der Waals surface area contributed by atoms with Crippen LogP contribution in [0.25, 0.3) is 33.0 Å². The van der Waals surface area contributed by atoms with Gasteiger partial charge in [0.25, 0.3) is 0 Å². The molecule has 0 saturated carbocycles. The molecule has 0 spiro atoms. The Morgan fingerprint density at radius 2 is 1.41 bits per heavy atom. The molecule has 29 heavy (non-hydrogen) atoms. The van der Waals surface area contributed by atoms with E-state index in [2.05, 4.69) is 96.8 Å². The Bertz CT molecular complexity index is 1280. The fourth-order valence-corrected chi connectivity index (χ4v) is 3.96. The molecule has 0 aliphatic rings. The molecule has 1 heterocycles. The standard InChI is InChI=1S/C26H22N2O/c1-2-28(25-16-8-12-20-10-4-6-14-23(20)25)17-21-18-29-26(27-21)24-15-7-11-19-9-3-5-13-22(19)24/h3-16,18H,2,17H2,1H3. The number of rotatable bonds is 5. The number of hydrogen-bond donors (Lipinski definition) is 0. The molecule has 3 heteroatoms. The number of nitrogens with zero attached hydrogens (tertiary/aromatic N) is 2. The molecule has 3 nitrogen and oxygen atoms in total. The predicted molar refractivity (Wildman–Crippen MR) is 120 cm³/mol. The molecule has 0 N–H and O–H groups in total. The van der Waals surface area contributed by atoms with Crippen LogP contribution in [0.5, 0.6) is 0 Å². The summed E-state index contributed by atoms with van der Waals surface area (Å²) in [7, 11) is 0. The van der Waals surface area contributed by atoms with Gasteiger partial charge in [0, 0.05) is 23.2 Å². The quantitative estimate of drug-likeness (QED) is 0.342. The number of oxazole rings is 1. The summed E-state index contributed by atoms with van der Waals surface area (Å²) in [6.07, 6.45) is 1.78. The average molecular weight is 378 g/mol. The smallest absolute Gasteiger partial charge is 0.226 e. The highest BCUT2D eigenvalue weighted by Crippen LogP contribution is 2.30. The van der Waals surface area contributed by atoms with E-state index in [4.69, 9.17) is 9.40 Å². The molecule has 142 valence electrons. The number of anilines is 1. The molecule has 0 saturated heterocycles. The zero-order chi connectivity index (χ0) is 19.6. The van der Waals surface area contributed by atoms with Crippen molar-refractivity contribution in [1.29, 1.82) is 0 Å². The summed E-state index contributed by atoms with van der Waals surface area (Å²) in [6, 6.07) is 29.5. The fraction of sp³-hybridized carbons (Fsp3) is 0.115. The molecule has 0 amide bonds. The number of benzene rings is 4. The normalized spacial score (nSPS) is 11.2. The molecular weight excluding hydrogens is 356 g/mol. The second-order valence-electron chi connectivity index (χ2n) is 7.18. The van der Waals surface area contributed by atoms with E-state index in [1.54, 1.807) is 6.26 Å². The molecule has 5 aromatic rings. The molecule has 0 aliphatic carbocycles. The van der Waals surface area contributed by atoms with Gasteiger partial charge in [0.05, 0.1) is 12.2 Å². The van der Waals surface area contributed by atoms with Gasteiger partial charge in [0.15, 0.2) is 0 Å². The zero-order valence-corrected chi connectivity index (χ0v) is 16.4. The minimum absolute atomic E-state index is 0.672. The summed E-state index contributed by atoms with van der Waals surface area (Å²) >= 11 is 0. The van der Waals surface area contributed by atoms with Gasteiger partial charge >= 0.3 is 0 Å². The first kappa shape index (κ1) is 17.5. The van der Waals surface area contributed by atoms with Crippen molar-refractivity contribution in [3.8, 4) is 11.5 Å². The summed E-state index contributed by atoms with van der Waals surface area (Å²) in [4.78, 5) is 7.16. The Balaban J connectivity index is 1.49. The van der Waals surface area contributed by atoms with Crippen LogP contribution in [0.15, 0.2) is 95.6 Å². The minimum Gasteiger partial charge on any atom is -0.444 e. The highest BCUT2D eigenvalue weighted by molar-refractivity contribution is 5.95. The van der Waals surface area contributed by atoms with Gasteiger partial charge in [-0.25, -0.2) is 4.98 Å². The predicted octanol–water partition coefficient (Wildman–Crippen LogP) is 6.67. The Labute approximate surface area is 170 Å².